The lowest BCUT2D eigenvalue weighted by Gasteiger charge is -2.28. The second kappa shape index (κ2) is 6.30. The molecule has 0 aliphatic carbocycles. The highest BCUT2D eigenvalue weighted by atomic mass is 19.2. The monoisotopic (exact) mass is 339 g/mol. The molecule has 0 amide bonds. The average Bonchev–Trinajstić information content (AvgIpc) is 3.03. The van der Waals surface area contributed by atoms with Crippen LogP contribution in [0.15, 0.2) is 24.3 Å². The van der Waals surface area contributed by atoms with E-state index in [1.165, 1.54) is 4.90 Å². The van der Waals surface area contributed by atoms with Crippen molar-refractivity contribution in [2.24, 2.45) is 0 Å². The first kappa shape index (κ1) is 16.5. The van der Waals surface area contributed by atoms with Crippen molar-refractivity contribution in [2.45, 2.75) is 18.9 Å². The predicted molar refractivity (Wildman–Crippen MR) is 84.2 cm³/mol. The fraction of sp³-hybridized carbons (Fsp3) is 0.353. The summed E-state index contributed by atoms with van der Waals surface area (Å²) in [4.78, 5) is 5.92. The van der Waals surface area contributed by atoms with Crippen molar-refractivity contribution < 1.29 is 17.6 Å². The maximum absolute atomic E-state index is 14.1. The molecule has 1 aliphatic rings. The summed E-state index contributed by atoms with van der Waals surface area (Å²) in [7, 11) is 3.77. The highest BCUT2D eigenvalue weighted by molar-refractivity contribution is 5.54. The molecule has 1 aromatic heterocycles. The third-order valence-electron chi connectivity index (χ3n) is 4.29. The van der Waals surface area contributed by atoms with Gasteiger partial charge >= 0.3 is 0 Å². The van der Waals surface area contributed by atoms with Crippen LogP contribution in [0.3, 0.4) is 0 Å². The van der Waals surface area contributed by atoms with Gasteiger partial charge in [-0.25, -0.2) is 0 Å². The van der Waals surface area contributed by atoms with Crippen molar-refractivity contribution in [3.05, 3.63) is 53.4 Å². The van der Waals surface area contributed by atoms with Gasteiger partial charge in [0.1, 0.15) is 5.69 Å². The minimum absolute atomic E-state index is 0.313. The number of aromatic nitrogens is 1. The van der Waals surface area contributed by atoms with Crippen LogP contribution >= 0.6 is 0 Å². The lowest BCUT2D eigenvalue weighted by atomic mass is 10.0. The number of halogens is 4. The smallest absolute Gasteiger partial charge is 0.253 e. The first-order chi connectivity index (χ1) is 11.4. The molecule has 1 saturated heterocycles. The third kappa shape index (κ3) is 2.79. The summed E-state index contributed by atoms with van der Waals surface area (Å²) in [5.41, 5.74) is 1.10. The molecule has 7 heteroatoms. The Morgan fingerprint density at radius 3 is 2.38 bits per heavy atom. The van der Waals surface area contributed by atoms with Crippen LogP contribution in [-0.2, 0) is 0 Å². The third-order valence-corrected chi connectivity index (χ3v) is 4.29. The molecule has 1 fully saturated rings. The minimum Gasteiger partial charge on any atom is -0.378 e. The normalized spacial score (nSPS) is 17.4. The van der Waals surface area contributed by atoms with Crippen LogP contribution in [0, 0.1) is 23.5 Å². The van der Waals surface area contributed by atoms with Crippen molar-refractivity contribution in [2.75, 3.05) is 30.4 Å². The Balaban J connectivity index is 2.05. The van der Waals surface area contributed by atoms with Crippen LogP contribution in [0.4, 0.5) is 28.9 Å². The first-order valence-corrected chi connectivity index (χ1v) is 7.64. The largest absolute Gasteiger partial charge is 0.378 e. The summed E-state index contributed by atoms with van der Waals surface area (Å²) in [6, 6.07) is 7.17. The van der Waals surface area contributed by atoms with Gasteiger partial charge < -0.3 is 9.80 Å². The molecule has 0 radical (unpaired) electrons. The maximum atomic E-state index is 14.1. The molecule has 24 heavy (non-hydrogen) atoms. The number of anilines is 2. The fourth-order valence-electron chi connectivity index (χ4n) is 3.12. The molecule has 1 aliphatic heterocycles. The molecule has 0 N–H and O–H groups in total. The van der Waals surface area contributed by atoms with E-state index in [0.29, 0.717) is 19.4 Å². The van der Waals surface area contributed by atoms with E-state index in [1.54, 1.807) is 0 Å². The van der Waals surface area contributed by atoms with Gasteiger partial charge in [-0.2, -0.15) is 22.5 Å². The van der Waals surface area contributed by atoms with E-state index in [1.807, 2.05) is 43.3 Å². The molecular weight excluding hydrogens is 322 g/mol. The van der Waals surface area contributed by atoms with Crippen molar-refractivity contribution in [3.63, 3.8) is 0 Å². The van der Waals surface area contributed by atoms with Crippen LogP contribution in [0.1, 0.15) is 24.4 Å². The molecule has 3 nitrogen and oxygen atoms in total. The van der Waals surface area contributed by atoms with Gasteiger partial charge in [0.2, 0.25) is 11.6 Å². The van der Waals surface area contributed by atoms with Crippen LogP contribution in [0.5, 0.6) is 0 Å². The molecule has 0 saturated carbocycles. The van der Waals surface area contributed by atoms with Crippen molar-refractivity contribution in [1.82, 2.24) is 4.98 Å². The van der Waals surface area contributed by atoms with Gasteiger partial charge in [-0.15, -0.1) is 0 Å². The van der Waals surface area contributed by atoms with E-state index >= 15 is 0 Å². The quantitative estimate of drug-likeness (QED) is 0.621. The zero-order chi connectivity index (χ0) is 17.4. The lowest BCUT2D eigenvalue weighted by Crippen LogP contribution is -2.26. The highest BCUT2D eigenvalue weighted by Gasteiger charge is 2.33. The summed E-state index contributed by atoms with van der Waals surface area (Å²) >= 11 is 0. The molecule has 0 bridgehead atoms. The summed E-state index contributed by atoms with van der Waals surface area (Å²) < 4.78 is 55.1. The molecule has 2 heterocycles. The molecule has 1 aromatic carbocycles. The Hall–Kier alpha value is -2.31. The number of nitrogens with zero attached hydrogens (tertiary/aromatic N) is 3. The Morgan fingerprint density at radius 1 is 1.08 bits per heavy atom. The van der Waals surface area contributed by atoms with E-state index < -0.39 is 29.2 Å². The lowest BCUT2D eigenvalue weighted by molar-refractivity contribution is 0.405. The van der Waals surface area contributed by atoms with Crippen molar-refractivity contribution in [1.29, 1.82) is 0 Å². The van der Waals surface area contributed by atoms with Gasteiger partial charge in [-0.3, -0.25) is 0 Å². The molecule has 0 spiro atoms. The van der Waals surface area contributed by atoms with Crippen LogP contribution < -0.4 is 9.80 Å². The highest BCUT2D eigenvalue weighted by Crippen LogP contribution is 2.40. The standard InChI is InChI=1S/C17H17F4N3/c1-23(2)11-6-3-5-10(9-11)12-7-4-8-24(12)15-13(18)16(20)22-17(21)14(15)19/h3,5-6,9,12H,4,7-8H2,1-2H3. The fourth-order valence-corrected chi connectivity index (χ4v) is 3.12. The summed E-state index contributed by atoms with van der Waals surface area (Å²) in [6.07, 6.45) is 1.31. The van der Waals surface area contributed by atoms with Crippen LogP contribution in [-0.4, -0.2) is 25.6 Å². The topological polar surface area (TPSA) is 19.4 Å². The molecular formula is C17H17F4N3. The van der Waals surface area contributed by atoms with Gasteiger partial charge in [0.25, 0.3) is 11.9 Å². The van der Waals surface area contributed by atoms with Crippen LogP contribution in [0.2, 0.25) is 0 Å². The Kier molecular flexibility index (Phi) is 4.34. The maximum Gasteiger partial charge on any atom is 0.253 e. The number of hydrogen-bond donors (Lipinski definition) is 0. The van der Waals surface area contributed by atoms with E-state index in [-0.39, 0.29) is 6.04 Å². The van der Waals surface area contributed by atoms with E-state index in [0.717, 1.165) is 11.3 Å². The molecule has 128 valence electrons. The van der Waals surface area contributed by atoms with E-state index in [2.05, 4.69) is 4.98 Å². The van der Waals surface area contributed by atoms with Gasteiger partial charge in [0.05, 0.1) is 6.04 Å². The molecule has 1 atom stereocenters. The zero-order valence-corrected chi connectivity index (χ0v) is 13.4. The Bertz CT molecular complexity index is 737. The van der Waals surface area contributed by atoms with Crippen LogP contribution in [0.25, 0.3) is 0 Å². The molecule has 2 aromatic rings. The van der Waals surface area contributed by atoms with E-state index in [9.17, 15) is 17.6 Å². The zero-order valence-electron chi connectivity index (χ0n) is 13.4. The average molecular weight is 339 g/mol. The second-order valence-corrected chi connectivity index (χ2v) is 6.01. The number of benzene rings is 1. The van der Waals surface area contributed by atoms with Gasteiger partial charge in [0.15, 0.2) is 0 Å². The Morgan fingerprint density at radius 2 is 1.75 bits per heavy atom. The number of rotatable bonds is 3. The SMILES string of the molecule is CN(C)c1cccc(C2CCCN2c2c(F)c(F)nc(F)c2F)c1. The summed E-state index contributed by atoms with van der Waals surface area (Å²) in [5, 5.41) is 0. The number of pyridine rings is 1. The van der Waals surface area contributed by atoms with Crippen molar-refractivity contribution >= 4 is 11.4 Å². The van der Waals surface area contributed by atoms with Crippen molar-refractivity contribution in [3.8, 4) is 0 Å². The van der Waals surface area contributed by atoms with Gasteiger partial charge in [-0.1, -0.05) is 12.1 Å². The first-order valence-electron chi connectivity index (χ1n) is 7.64. The van der Waals surface area contributed by atoms with E-state index in [4.69, 9.17) is 0 Å². The molecule has 1 unspecified atom stereocenters. The van der Waals surface area contributed by atoms with Gasteiger partial charge in [-0.05, 0) is 30.5 Å². The minimum atomic E-state index is -1.63. The van der Waals surface area contributed by atoms with Gasteiger partial charge in [0, 0.05) is 26.3 Å². The predicted octanol–water partition coefficient (Wildman–Crippen LogP) is 4.05. The summed E-state index contributed by atoms with van der Waals surface area (Å²) in [6.45, 7) is 0.313. The number of hydrogen-bond acceptors (Lipinski definition) is 3. The molecule has 3 rings (SSSR count). The Labute approximate surface area is 137 Å². The second-order valence-electron chi connectivity index (χ2n) is 6.01. The summed E-state index contributed by atoms with van der Waals surface area (Å²) in [5.74, 6) is -6.16.